The van der Waals surface area contributed by atoms with E-state index in [1.165, 1.54) is 56.4 Å². The first-order valence-corrected chi connectivity index (χ1v) is 7.11. The molecule has 0 saturated carbocycles. The van der Waals surface area contributed by atoms with Gasteiger partial charge in [0.2, 0.25) is 0 Å². The number of benzene rings is 1. The Morgan fingerprint density at radius 2 is 1.82 bits per heavy atom. The topological polar surface area (TPSA) is 3.24 Å². The third-order valence-corrected chi connectivity index (χ3v) is 4.07. The molecule has 0 amide bonds. The van der Waals surface area contributed by atoms with Crippen LogP contribution in [-0.4, -0.2) is 13.1 Å². The lowest BCUT2D eigenvalue weighted by atomic mass is 9.93. The molecule has 0 N–H and O–H groups in total. The molecule has 1 saturated heterocycles. The zero-order valence-electron chi connectivity index (χ0n) is 11.3. The van der Waals surface area contributed by atoms with Gasteiger partial charge in [0.1, 0.15) is 0 Å². The number of anilines is 1. The Morgan fingerprint density at radius 3 is 2.53 bits per heavy atom. The van der Waals surface area contributed by atoms with Crippen LogP contribution in [0.25, 0.3) is 0 Å². The van der Waals surface area contributed by atoms with E-state index in [2.05, 4.69) is 43.0 Å². The lowest BCUT2D eigenvalue weighted by molar-refractivity contribution is 0.398. The van der Waals surface area contributed by atoms with Gasteiger partial charge in [-0.05, 0) is 37.8 Å². The van der Waals surface area contributed by atoms with Crippen LogP contribution in [-0.2, 0) is 0 Å². The van der Waals surface area contributed by atoms with Gasteiger partial charge in [0.05, 0.1) is 0 Å². The highest BCUT2D eigenvalue weighted by Crippen LogP contribution is 2.24. The van der Waals surface area contributed by atoms with Gasteiger partial charge < -0.3 is 4.90 Å². The Labute approximate surface area is 106 Å². The monoisotopic (exact) mass is 231 g/mol. The quantitative estimate of drug-likeness (QED) is 0.729. The molecule has 1 aliphatic heterocycles. The predicted molar refractivity (Wildman–Crippen MR) is 75.6 cm³/mol. The maximum absolute atomic E-state index is 2.57. The van der Waals surface area contributed by atoms with Crippen molar-refractivity contribution in [3.05, 3.63) is 29.8 Å². The molecule has 1 unspecified atom stereocenters. The standard InChI is InChI=1S/C16H25N/c1-3-15-6-4-5-12-17(13-11-15)16-9-7-14(2)8-10-16/h7-10,15H,3-6,11-13H2,1-2H3. The van der Waals surface area contributed by atoms with E-state index in [0.29, 0.717) is 0 Å². The van der Waals surface area contributed by atoms with Crippen LogP contribution in [0, 0.1) is 12.8 Å². The molecule has 1 aromatic carbocycles. The zero-order valence-corrected chi connectivity index (χ0v) is 11.3. The summed E-state index contributed by atoms with van der Waals surface area (Å²) >= 11 is 0. The van der Waals surface area contributed by atoms with Crippen LogP contribution in [0.2, 0.25) is 0 Å². The van der Waals surface area contributed by atoms with Crippen LogP contribution in [0.3, 0.4) is 0 Å². The summed E-state index contributed by atoms with van der Waals surface area (Å²) in [7, 11) is 0. The Bertz CT molecular complexity index is 328. The minimum absolute atomic E-state index is 0.947. The molecule has 1 heterocycles. The molecule has 17 heavy (non-hydrogen) atoms. The van der Waals surface area contributed by atoms with Crippen LogP contribution in [0.15, 0.2) is 24.3 Å². The Morgan fingerprint density at radius 1 is 1.06 bits per heavy atom. The minimum atomic E-state index is 0.947. The summed E-state index contributed by atoms with van der Waals surface area (Å²) in [6.07, 6.45) is 6.91. The molecule has 2 rings (SSSR count). The Kier molecular flexibility index (Phi) is 4.47. The SMILES string of the molecule is CCC1CCCCN(c2ccc(C)cc2)CC1. The van der Waals surface area contributed by atoms with Crippen molar-refractivity contribution in [2.45, 2.75) is 46.0 Å². The van der Waals surface area contributed by atoms with Crippen LogP contribution in [0.5, 0.6) is 0 Å². The molecule has 1 aromatic rings. The van der Waals surface area contributed by atoms with Crippen LogP contribution >= 0.6 is 0 Å². The van der Waals surface area contributed by atoms with Crippen molar-refractivity contribution in [3.63, 3.8) is 0 Å². The fraction of sp³-hybridized carbons (Fsp3) is 0.625. The van der Waals surface area contributed by atoms with Crippen molar-refractivity contribution in [3.8, 4) is 0 Å². The zero-order chi connectivity index (χ0) is 12.1. The predicted octanol–water partition coefficient (Wildman–Crippen LogP) is 4.40. The maximum Gasteiger partial charge on any atom is 0.0366 e. The average molecular weight is 231 g/mol. The molecule has 0 radical (unpaired) electrons. The van der Waals surface area contributed by atoms with E-state index >= 15 is 0 Å². The van der Waals surface area contributed by atoms with Gasteiger partial charge in [-0.2, -0.15) is 0 Å². The first kappa shape index (κ1) is 12.5. The van der Waals surface area contributed by atoms with Crippen LogP contribution in [0.4, 0.5) is 5.69 Å². The summed E-state index contributed by atoms with van der Waals surface area (Å²) in [5.74, 6) is 0.947. The van der Waals surface area contributed by atoms with E-state index < -0.39 is 0 Å². The fourth-order valence-corrected chi connectivity index (χ4v) is 2.75. The third-order valence-electron chi connectivity index (χ3n) is 4.07. The molecule has 0 aromatic heterocycles. The molecule has 1 nitrogen and oxygen atoms in total. The molecule has 1 heteroatoms. The fourth-order valence-electron chi connectivity index (χ4n) is 2.75. The van der Waals surface area contributed by atoms with Crippen molar-refractivity contribution in [1.82, 2.24) is 0 Å². The lowest BCUT2D eigenvalue weighted by Crippen LogP contribution is -2.29. The normalized spacial score (nSPS) is 22.0. The van der Waals surface area contributed by atoms with E-state index in [4.69, 9.17) is 0 Å². The van der Waals surface area contributed by atoms with Gasteiger partial charge in [-0.15, -0.1) is 0 Å². The second-order valence-corrected chi connectivity index (χ2v) is 5.38. The van der Waals surface area contributed by atoms with Gasteiger partial charge in [0, 0.05) is 18.8 Å². The summed E-state index contributed by atoms with van der Waals surface area (Å²) in [5, 5.41) is 0. The van der Waals surface area contributed by atoms with Crippen molar-refractivity contribution in [1.29, 1.82) is 0 Å². The van der Waals surface area contributed by atoms with Gasteiger partial charge in [-0.3, -0.25) is 0 Å². The first-order chi connectivity index (χ1) is 8.29. The van der Waals surface area contributed by atoms with Gasteiger partial charge in [0.15, 0.2) is 0 Å². The Hall–Kier alpha value is -0.980. The number of hydrogen-bond donors (Lipinski definition) is 0. The molecule has 1 atom stereocenters. The largest absolute Gasteiger partial charge is 0.372 e. The van der Waals surface area contributed by atoms with E-state index in [1.807, 2.05) is 0 Å². The molecule has 0 bridgehead atoms. The van der Waals surface area contributed by atoms with Crippen molar-refractivity contribution >= 4 is 5.69 Å². The molecule has 94 valence electrons. The minimum Gasteiger partial charge on any atom is -0.372 e. The van der Waals surface area contributed by atoms with Gasteiger partial charge in [-0.25, -0.2) is 0 Å². The molecular weight excluding hydrogens is 206 g/mol. The van der Waals surface area contributed by atoms with E-state index in [9.17, 15) is 0 Å². The first-order valence-electron chi connectivity index (χ1n) is 7.11. The highest BCUT2D eigenvalue weighted by atomic mass is 15.1. The molecule has 1 fully saturated rings. The second-order valence-electron chi connectivity index (χ2n) is 5.38. The van der Waals surface area contributed by atoms with Gasteiger partial charge in [0.25, 0.3) is 0 Å². The number of rotatable bonds is 2. The smallest absolute Gasteiger partial charge is 0.0366 e. The number of aryl methyl sites for hydroxylation is 1. The summed E-state index contributed by atoms with van der Waals surface area (Å²) in [6.45, 7) is 6.97. The summed E-state index contributed by atoms with van der Waals surface area (Å²) < 4.78 is 0. The summed E-state index contributed by atoms with van der Waals surface area (Å²) in [4.78, 5) is 2.57. The Balaban J connectivity index is 2.01. The van der Waals surface area contributed by atoms with E-state index in [1.54, 1.807) is 0 Å². The van der Waals surface area contributed by atoms with Crippen molar-refractivity contribution in [2.24, 2.45) is 5.92 Å². The highest BCUT2D eigenvalue weighted by Gasteiger charge is 2.14. The molecule has 0 aliphatic carbocycles. The van der Waals surface area contributed by atoms with Crippen molar-refractivity contribution in [2.75, 3.05) is 18.0 Å². The van der Waals surface area contributed by atoms with E-state index in [-0.39, 0.29) is 0 Å². The summed E-state index contributed by atoms with van der Waals surface area (Å²) in [5.41, 5.74) is 2.76. The van der Waals surface area contributed by atoms with Gasteiger partial charge >= 0.3 is 0 Å². The van der Waals surface area contributed by atoms with Crippen LogP contribution < -0.4 is 4.90 Å². The van der Waals surface area contributed by atoms with Crippen molar-refractivity contribution < 1.29 is 0 Å². The van der Waals surface area contributed by atoms with E-state index in [0.717, 1.165) is 5.92 Å². The highest BCUT2D eigenvalue weighted by molar-refractivity contribution is 5.47. The maximum atomic E-state index is 2.57. The summed E-state index contributed by atoms with van der Waals surface area (Å²) in [6, 6.07) is 9.01. The molecule has 0 spiro atoms. The second kappa shape index (κ2) is 6.09. The van der Waals surface area contributed by atoms with Crippen LogP contribution in [0.1, 0.15) is 44.6 Å². The third kappa shape index (κ3) is 3.49. The average Bonchev–Trinajstić information content (AvgIpc) is 2.31. The molecule has 1 aliphatic rings. The molecular formula is C16H25N. The number of hydrogen-bond acceptors (Lipinski definition) is 1. The van der Waals surface area contributed by atoms with Gasteiger partial charge in [-0.1, -0.05) is 43.9 Å². The lowest BCUT2D eigenvalue weighted by Gasteiger charge is -2.30. The number of nitrogens with zero attached hydrogens (tertiary/aromatic N) is 1.